The Morgan fingerprint density at radius 3 is 2.55 bits per heavy atom. The van der Waals surface area contributed by atoms with Crippen LogP contribution >= 0.6 is 0 Å². The molecule has 0 aliphatic heterocycles. The van der Waals surface area contributed by atoms with E-state index in [1.807, 2.05) is 54.6 Å². The van der Waals surface area contributed by atoms with Gasteiger partial charge in [-0.2, -0.15) is 0 Å². The summed E-state index contributed by atoms with van der Waals surface area (Å²) < 4.78 is 10.9. The van der Waals surface area contributed by atoms with Crippen LogP contribution in [0.1, 0.15) is 16.2 Å². The zero-order chi connectivity index (χ0) is 20.1. The second kappa shape index (κ2) is 8.22. The third-order valence-corrected chi connectivity index (χ3v) is 3.89. The van der Waals surface area contributed by atoms with Gasteiger partial charge in [0.2, 0.25) is 0 Å². The van der Waals surface area contributed by atoms with Gasteiger partial charge in [-0.15, -0.1) is 0 Å². The Labute approximate surface area is 166 Å². The number of nitrogens with one attached hydrogen (secondary N) is 2. The number of ether oxygens (including phenoxy) is 1. The Hall–Kier alpha value is -4.20. The molecule has 0 saturated heterocycles. The number of carbonyl (C=O) groups excluding carboxylic acids is 1. The monoisotopic (exact) mass is 387 g/mol. The van der Waals surface area contributed by atoms with E-state index in [0.29, 0.717) is 34.6 Å². The first kappa shape index (κ1) is 18.2. The summed E-state index contributed by atoms with van der Waals surface area (Å²) in [5, 5.41) is 9.53. The van der Waals surface area contributed by atoms with Gasteiger partial charge in [0.1, 0.15) is 29.3 Å². The van der Waals surface area contributed by atoms with Crippen molar-refractivity contribution in [2.45, 2.75) is 6.92 Å². The average molecular weight is 387 g/mol. The predicted octanol–water partition coefficient (Wildman–Crippen LogP) is 4.56. The standard InChI is InChI=1S/C21H17N5O3/c1-14-11-20(26-29-14)25-21(27)17-12-19(23-13-22-17)24-16-9-5-6-10-18(16)28-15-7-3-2-4-8-15/h2-13H,1H3,(H,22,23,24)(H,25,26,27). The average Bonchev–Trinajstić information content (AvgIpc) is 3.15. The molecule has 29 heavy (non-hydrogen) atoms. The lowest BCUT2D eigenvalue weighted by atomic mass is 10.2. The fraction of sp³-hybridized carbons (Fsp3) is 0.0476. The summed E-state index contributed by atoms with van der Waals surface area (Å²) in [5.41, 5.74) is 0.887. The highest BCUT2D eigenvalue weighted by atomic mass is 16.5. The number of para-hydroxylation sites is 3. The lowest BCUT2D eigenvalue weighted by Gasteiger charge is -2.12. The van der Waals surface area contributed by atoms with E-state index in [1.165, 1.54) is 6.33 Å². The maximum atomic E-state index is 12.4. The molecule has 144 valence electrons. The van der Waals surface area contributed by atoms with E-state index in [-0.39, 0.29) is 5.69 Å². The van der Waals surface area contributed by atoms with Crippen molar-refractivity contribution in [3.8, 4) is 11.5 Å². The van der Waals surface area contributed by atoms with Crippen LogP contribution in [0.4, 0.5) is 17.3 Å². The minimum absolute atomic E-state index is 0.185. The van der Waals surface area contributed by atoms with Crippen LogP contribution in [0.25, 0.3) is 0 Å². The molecule has 1 amide bonds. The zero-order valence-corrected chi connectivity index (χ0v) is 15.5. The Balaban J connectivity index is 1.52. The van der Waals surface area contributed by atoms with Crippen LogP contribution in [0, 0.1) is 6.92 Å². The minimum Gasteiger partial charge on any atom is -0.455 e. The highest BCUT2D eigenvalue weighted by Gasteiger charge is 2.12. The van der Waals surface area contributed by atoms with E-state index in [9.17, 15) is 4.79 Å². The summed E-state index contributed by atoms with van der Waals surface area (Å²) in [6.07, 6.45) is 1.31. The van der Waals surface area contributed by atoms with E-state index < -0.39 is 5.91 Å². The topological polar surface area (TPSA) is 102 Å². The first-order chi connectivity index (χ1) is 14.2. The van der Waals surface area contributed by atoms with Crippen molar-refractivity contribution >= 4 is 23.2 Å². The number of hydrogen-bond donors (Lipinski definition) is 2. The van der Waals surface area contributed by atoms with Gasteiger partial charge < -0.3 is 19.9 Å². The molecule has 4 rings (SSSR count). The smallest absolute Gasteiger partial charge is 0.275 e. The quantitative estimate of drug-likeness (QED) is 0.500. The summed E-state index contributed by atoms with van der Waals surface area (Å²) in [5.74, 6) is 2.29. The summed E-state index contributed by atoms with van der Waals surface area (Å²) in [6.45, 7) is 1.74. The third-order valence-electron chi connectivity index (χ3n) is 3.89. The number of aromatic nitrogens is 3. The van der Waals surface area contributed by atoms with Crippen LogP contribution < -0.4 is 15.4 Å². The van der Waals surface area contributed by atoms with Crippen LogP contribution in [-0.4, -0.2) is 21.0 Å². The van der Waals surface area contributed by atoms with Gasteiger partial charge in [0.05, 0.1) is 5.69 Å². The van der Waals surface area contributed by atoms with E-state index in [2.05, 4.69) is 25.8 Å². The summed E-state index contributed by atoms with van der Waals surface area (Å²) in [6, 6.07) is 20.1. The molecule has 0 radical (unpaired) electrons. The molecule has 8 nitrogen and oxygen atoms in total. The highest BCUT2D eigenvalue weighted by Crippen LogP contribution is 2.31. The SMILES string of the molecule is Cc1cc(NC(=O)c2cc(Nc3ccccc3Oc3ccccc3)ncn2)no1. The lowest BCUT2D eigenvalue weighted by Crippen LogP contribution is -2.14. The molecule has 4 aromatic rings. The van der Waals surface area contributed by atoms with E-state index in [4.69, 9.17) is 9.26 Å². The third kappa shape index (κ3) is 4.56. The van der Waals surface area contributed by atoms with Crippen LogP contribution in [-0.2, 0) is 0 Å². The van der Waals surface area contributed by atoms with E-state index in [0.717, 1.165) is 0 Å². The van der Waals surface area contributed by atoms with Crippen LogP contribution in [0.15, 0.2) is 77.6 Å². The Morgan fingerprint density at radius 1 is 0.966 bits per heavy atom. The number of benzene rings is 2. The lowest BCUT2D eigenvalue weighted by molar-refractivity contribution is 0.102. The summed E-state index contributed by atoms with van der Waals surface area (Å²) >= 11 is 0. The first-order valence-electron chi connectivity index (χ1n) is 8.83. The van der Waals surface area contributed by atoms with Crippen molar-refractivity contribution in [1.29, 1.82) is 0 Å². The highest BCUT2D eigenvalue weighted by molar-refractivity contribution is 6.02. The molecule has 2 aromatic carbocycles. The second-order valence-electron chi connectivity index (χ2n) is 6.10. The number of aryl methyl sites for hydroxylation is 1. The molecular formula is C21H17N5O3. The van der Waals surface area contributed by atoms with Crippen molar-refractivity contribution in [1.82, 2.24) is 15.1 Å². The fourth-order valence-corrected chi connectivity index (χ4v) is 2.57. The van der Waals surface area contributed by atoms with Crippen molar-refractivity contribution in [2.24, 2.45) is 0 Å². The zero-order valence-electron chi connectivity index (χ0n) is 15.5. The first-order valence-corrected chi connectivity index (χ1v) is 8.83. The molecule has 0 saturated carbocycles. The molecule has 0 atom stereocenters. The normalized spacial score (nSPS) is 10.4. The number of rotatable bonds is 6. The molecule has 0 aliphatic carbocycles. The van der Waals surface area contributed by atoms with Gasteiger partial charge in [-0.25, -0.2) is 9.97 Å². The molecule has 0 aliphatic rings. The summed E-state index contributed by atoms with van der Waals surface area (Å²) in [4.78, 5) is 20.6. The molecule has 0 bridgehead atoms. The Bertz CT molecular complexity index is 1130. The largest absolute Gasteiger partial charge is 0.455 e. The number of amides is 1. The van der Waals surface area contributed by atoms with Gasteiger partial charge in [-0.1, -0.05) is 35.5 Å². The Kier molecular flexibility index (Phi) is 5.15. The van der Waals surface area contributed by atoms with Crippen LogP contribution in [0.2, 0.25) is 0 Å². The molecule has 0 fully saturated rings. The Morgan fingerprint density at radius 2 is 1.76 bits per heavy atom. The maximum absolute atomic E-state index is 12.4. The molecule has 8 heteroatoms. The number of carbonyl (C=O) groups is 1. The van der Waals surface area contributed by atoms with E-state index in [1.54, 1.807) is 19.1 Å². The molecular weight excluding hydrogens is 370 g/mol. The van der Waals surface area contributed by atoms with Crippen molar-refractivity contribution < 1.29 is 14.1 Å². The molecule has 2 N–H and O–H groups in total. The molecule has 0 spiro atoms. The number of nitrogens with zero attached hydrogens (tertiary/aromatic N) is 3. The predicted molar refractivity (Wildman–Crippen MR) is 107 cm³/mol. The van der Waals surface area contributed by atoms with E-state index >= 15 is 0 Å². The van der Waals surface area contributed by atoms with Crippen molar-refractivity contribution in [3.05, 3.63) is 84.5 Å². The van der Waals surface area contributed by atoms with Gasteiger partial charge in [0, 0.05) is 12.1 Å². The van der Waals surface area contributed by atoms with Crippen molar-refractivity contribution in [3.63, 3.8) is 0 Å². The van der Waals surface area contributed by atoms with Gasteiger partial charge in [0.25, 0.3) is 5.91 Å². The van der Waals surface area contributed by atoms with Gasteiger partial charge in [0.15, 0.2) is 11.6 Å². The number of anilines is 3. The maximum Gasteiger partial charge on any atom is 0.275 e. The molecule has 2 aromatic heterocycles. The fourth-order valence-electron chi connectivity index (χ4n) is 2.57. The molecule has 2 heterocycles. The van der Waals surface area contributed by atoms with Crippen molar-refractivity contribution in [2.75, 3.05) is 10.6 Å². The summed E-state index contributed by atoms with van der Waals surface area (Å²) in [7, 11) is 0. The minimum atomic E-state index is -0.419. The molecule has 0 unspecified atom stereocenters. The van der Waals surface area contributed by atoms with Crippen LogP contribution in [0.5, 0.6) is 11.5 Å². The van der Waals surface area contributed by atoms with Gasteiger partial charge >= 0.3 is 0 Å². The van der Waals surface area contributed by atoms with Gasteiger partial charge in [-0.05, 0) is 31.2 Å². The number of hydrogen-bond acceptors (Lipinski definition) is 7. The van der Waals surface area contributed by atoms with Gasteiger partial charge in [-0.3, -0.25) is 4.79 Å². The second-order valence-corrected chi connectivity index (χ2v) is 6.10. The van der Waals surface area contributed by atoms with Crippen LogP contribution in [0.3, 0.4) is 0 Å².